The number of ether oxygens (including phenoxy) is 4. The standard InChI is InChI=1S/C41H58O9/c1-23(2)38(9,10)47-34(43)29-19-17-27(21-31(29)36(45)49-40(13,14)25(5)6)33(42)28-18-20-30(35(44)48-39(11,12)24(3)4)32(22-28)37(46)50-41(15,16)26(7)8/h17-26H,1-16H3. The number of esters is 4. The fourth-order valence-electron chi connectivity index (χ4n) is 3.88. The fraction of sp³-hybridized carbons (Fsp3) is 0.585. The second-order valence-electron chi connectivity index (χ2n) is 16.4. The third-order valence-corrected chi connectivity index (χ3v) is 10.4. The number of rotatable bonds is 14. The Bertz CT molecular complexity index is 1490. The Morgan fingerprint density at radius 3 is 0.840 bits per heavy atom. The highest BCUT2D eigenvalue weighted by atomic mass is 16.6. The molecule has 0 aliphatic carbocycles. The first-order valence-electron chi connectivity index (χ1n) is 17.4. The van der Waals surface area contributed by atoms with Gasteiger partial charge in [-0.3, -0.25) is 4.79 Å². The molecular weight excluding hydrogens is 636 g/mol. The van der Waals surface area contributed by atoms with Gasteiger partial charge in [-0.05, 0) is 103 Å². The van der Waals surface area contributed by atoms with Crippen LogP contribution in [0.2, 0.25) is 0 Å². The van der Waals surface area contributed by atoms with Crippen molar-refractivity contribution in [2.45, 2.75) is 133 Å². The molecule has 0 bridgehead atoms. The van der Waals surface area contributed by atoms with Crippen LogP contribution in [-0.4, -0.2) is 52.1 Å². The Hall–Kier alpha value is -4.01. The average Bonchev–Trinajstić information content (AvgIpc) is 2.98. The predicted octanol–water partition coefficient (Wildman–Crippen LogP) is 9.28. The third kappa shape index (κ3) is 10.0. The zero-order valence-electron chi connectivity index (χ0n) is 32.9. The van der Waals surface area contributed by atoms with E-state index < -0.39 is 52.1 Å². The summed E-state index contributed by atoms with van der Waals surface area (Å²) in [5, 5.41) is 0. The molecule has 0 heterocycles. The molecule has 0 fully saturated rings. The number of hydrogen-bond acceptors (Lipinski definition) is 9. The van der Waals surface area contributed by atoms with Crippen molar-refractivity contribution in [1.29, 1.82) is 0 Å². The molecule has 2 rings (SSSR count). The van der Waals surface area contributed by atoms with Gasteiger partial charge in [0, 0.05) is 11.1 Å². The van der Waals surface area contributed by atoms with Crippen molar-refractivity contribution in [3.8, 4) is 0 Å². The normalized spacial score (nSPS) is 12.7. The molecule has 0 saturated heterocycles. The van der Waals surface area contributed by atoms with Crippen LogP contribution in [0, 0.1) is 23.7 Å². The zero-order chi connectivity index (χ0) is 38.7. The first kappa shape index (κ1) is 42.2. The Morgan fingerprint density at radius 1 is 0.400 bits per heavy atom. The van der Waals surface area contributed by atoms with E-state index >= 15 is 0 Å². The molecule has 0 aliphatic heterocycles. The number of benzene rings is 2. The summed E-state index contributed by atoms with van der Waals surface area (Å²) in [6.07, 6.45) is 0. The maximum Gasteiger partial charge on any atom is 0.339 e. The summed E-state index contributed by atoms with van der Waals surface area (Å²) in [6.45, 7) is 29.5. The van der Waals surface area contributed by atoms with Gasteiger partial charge in [0.2, 0.25) is 0 Å². The second kappa shape index (κ2) is 15.5. The lowest BCUT2D eigenvalue weighted by molar-refractivity contribution is -0.0265. The van der Waals surface area contributed by atoms with E-state index in [9.17, 15) is 24.0 Å². The van der Waals surface area contributed by atoms with Crippen molar-refractivity contribution in [3.05, 3.63) is 69.8 Å². The van der Waals surface area contributed by atoms with Crippen LogP contribution in [0.25, 0.3) is 0 Å². The Labute approximate surface area is 298 Å². The second-order valence-corrected chi connectivity index (χ2v) is 16.4. The molecule has 2 aromatic carbocycles. The van der Waals surface area contributed by atoms with Gasteiger partial charge in [0.1, 0.15) is 22.4 Å². The number of hydrogen-bond donors (Lipinski definition) is 0. The zero-order valence-corrected chi connectivity index (χ0v) is 32.9. The monoisotopic (exact) mass is 694 g/mol. The summed E-state index contributed by atoms with van der Waals surface area (Å²) in [6, 6.07) is 8.16. The Kier molecular flexibility index (Phi) is 13.1. The van der Waals surface area contributed by atoms with Gasteiger partial charge in [-0.15, -0.1) is 0 Å². The van der Waals surface area contributed by atoms with Gasteiger partial charge in [0.05, 0.1) is 22.3 Å². The molecule has 9 heteroatoms. The topological polar surface area (TPSA) is 122 Å². The van der Waals surface area contributed by atoms with Gasteiger partial charge in [0.25, 0.3) is 0 Å². The van der Waals surface area contributed by atoms with E-state index in [1.165, 1.54) is 36.4 Å². The van der Waals surface area contributed by atoms with Crippen molar-refractivity contribution in [1.82, 2.24) is 0 Å². The molecule has 0 saturated carbocycles. The highest BCUT2D eigenvalue weighted by Crippen LogP contribution is 2.30. The summed E-state index contributed by atoms with van der Waals surface area (Å²) < 4.78 is 23.3. The molecular formula is C41H58O9. The van der Waals surface area contributed by atoms with Crippen molar-refractivity contribution >= 4 is 29.7 Å². The number of carbonyl (C=O) groups excluding carboxylic acids is 5. The van der Waals surface area contributed by atoms with Gasteiger partial charge in [-0.25, -0.2) is 19.2 Å². The summed E-state index contributed by atoms with van der Waals surface area (Å²) in [5.41, 5.74) is -3.72. The van der Waals surface area contributed by atoms with Crippen molar-refractivity contribution in [2.75, 3.05) is 0 Å². The molecule has 0 spiro atoms. The molecule has 0 radical (unpaired) electrons. The molecule has 276 valence electrons. The lowest BCUT2D eigenvalue weighted by Crippen LogP contribution is -2.36. The SMILES string of the molecule is CC(C)C(C)(C)OC(=O)c1ccc(C(=O)c2ccc(C(=O)OC(C)(C)C(C)C)c(C(=O)OC(C)(C)C(C)C)c2)cc1C(=O)OC(C)(C)C(C)C. The number of carbonyl (C=O) groups is 5. The molecule has 0 aromatic heterocycles. The van der Waals surface area contributed by atoms with Gasteiger partial charge in [-0.1, -0.05) is 67.5 Å². The van der Waals surface area contributed by atoms with Gasteiger partial charge < -0.3 is 18.9 Å². The molecule has 0 N–H and O–H groups in total. The Balaban J connectivity index is 2.74. The van der Waals surface area contributed by atoms with Crippen molar-refractivity contribution in [2.24, 2.45) is 23.7 Å². The van der Waals surface area contributed by atoms with Crippen molar-refractivity contribution in [3.63, 3.8) is 0 Å². The quantitative estimate of drug-likeness (QED) is 0.108. The molecule has 0 atom stereocenters. The highest BCUT2D eigenvalue weighted by molar-refractivity contribution is 6.13. The maximum atomic E-state index is 14.0. The van der Waals surface area contributed by atoms with Crippen LogP contribution in [0.3, 0.4) is 0 Å². The van der Waals surface area contributed by atoms with Crippen LogP contribution in [0.4, 0.5) is 0 Å². The smallest absolute Gasteiger partial charge is 0.339 e. The molecule has 0 amide bonds. The fourth-order valence-corrected chi connectivity index (χ4v) is 3.88. The molecule has 0 aliphatic rings. The summed E-state index contributed by atoms with van der Waals surface area (Å²) in [4.78, 5) is 68.3. The van der Waals surface area contributed by atoms with Gasteiger partial charge in [-0.2, -0.15) is 0 Å². The van der Waals surface area contributed by atoms with E-state index in [0.29, 0.717) is 0 Å². The minimum absolute atomic E-state index is 0.0220. The van der Waals surface area contributed by atoms with Crippen LogP contribution in [0.15, 0.2) is 36.4 Å². The van der Waals surface area contributed by atoms with E-state index in [2.05, 4.69) is 0 Å². The number of ketones is 1. The van der Waals surface area contributed by atoms with Gasteiger partial charge in [0.15, 0.2) is 5.78 Å². The molecule has 2 aromatic rings. The van der Waals surface area contributed by atoms with E-state index in [4.69, 9.17) is 18.9 Å². The van der Waals surface area contributed by atoms with Crippen LogP contribution in [0.5, 0.6) is 0 Å². The summed E-state index contributed by atoms with van der Waals surface area (Å²) >= 11 is 0. The van der Waals surface area contributed by atoms with E-state index in [1.54, 1.807) is 55.4 Å². The Morgan fingerprint density at radius 2 is 0.620 bits per heavy atom. The van der Waals surface area contributed by atoms with Crippen LogP contribution in [0.1, 0.15) is 168 Å². The average molecular weight is 695 g/mol. The van der Waals surface area contributed by atoms with E-state index in [0.717, 1.165) is 0 Å². The van der Waals surface area contributed by atoms with Gasteiger partial charge >= 0.3 is 23.9 Å². The molecule has 0 unspecified atom stereocenters. The van der Waals surface area contributed by atoms with Crippen molar-refractivity contribution < 1.29 is 42.9 Å². The van der Waals surface area contributed by atoms with E-state index in [-0.39, 0.29) is 57.1 Å². The highest BCUT2D eigenvalue weighted by Gasteiger charge is 2.35. The maximum absolute atomic E-state index is 14.0. The largest absolute Gasteiger partial charge is 0.456 e. The summed E-state index contributed by atoms with van der Waals surface area (Å²) in [5.74, 6) is -3.77. The van der Waals surface area contributed by atoms with E-state index in [1.807, 2.05) is 55.4 Å². The van der Waals surface area contributed by atoms with Crippen LogP contribution >= 0.6 is 0 Å². The minimum Gasteiger partial charge on any atom is -0.456 e. The summed E-state index contributed by atoms with van der Waals surface area (Å²) in [7, 11) is 0. The third-order valence-electron chi connectivity index (χ3n) is 10.4. The lowest BCUT2D eigenvalue weighted by Gasteiger charge is -2.31. The van der Waals surface area contributed by atoms with Crippen LogP contribution in [-0.2, 0) is 18.9 Å². The first-order chi connectivity index (χ1) is 22.6. The lowest BCUT2D eigenvalue weighted by atomic mass is 9.92. The molecule has 9 nitrogen and oxygen atoms in total. The van der Waals surface area contributed by atoms with Crippen LogP contribution < -0.4 is 0 Å². The molecule has 50 heavy (non-hydrogen) atoms. The minimum atomic E-state index is -0.886. The predicted molar refractivity (Wildman–Crippen MR) is 194 cm³/mol. The first-order valence-corrected chi connectivity index (χ1v) is 17.4.